The second-order valence-electron chi connectivity index (χ2n) is 6.08. The van der Waals surface area contributed by atoms with Gasteiger partial charge in [-0.15, -0.1) is 0 Å². The first-order valence-electron chi connectivity index (χ1n) is 8.49. The van der Waals surface area contributed by atoms with Crippen LogP contribution in [0.3, 0.4) is 0 Å². The maximum absolute atomic E-state index is 12.2. The summed E-state index contributed by atoms with van der Waals surface area (Å²) in [7, 11) is 0. The van der Waals surface area contributed by atoms with Crippen molar-refractivity contribution in [3.63, 3.8) is 0 Å². The zero-order valence-corrected chi connectivity index (χ0v) is 13.4. The van der Waals surface area contributed by atoms with Crippen molar-refractivity contribution in [1.29, 1.82) is 0 Å². The van der Waals surface area contributed by atoms with Crippen LogP contribution in [-0.2, 0) is 14.3 Å². The van der Waals surface area contributed by atoms with Crippen LogP contribution in [0.1, 0.15) is 39.0 Å². The number of rotatable bonds is 6. The van der Waals surface area contributed by atoms with Gasteiger partial charge in [0.05, 0.1) is 12.7 Å². The van der Waals surface area contributed by atoms with E-state index in [1.807, 2.05) is 4.90 Å². The molecule has 0 aliphatic carbocycles. The van der Waals surface area contributed by atoms with Crippen LogP contribution in [0, 0.1) is 0 Å². The molecule has 5 heteroatoms. The molecule has 2 aliphatic rings. The van der Waals surface area contributed by atoms with E-state index in [0.29, 0.717) is 6.61 Å². The maximum atomic E-state index is 12.2. The number of hydrogen-bond donors (Lipinski definition) is 0. The molecule has 0 aromatic heterocycles. The van der Waals surface area contributed by atoms with Gasteiger partial charge in [0, 0.05) is 26.2 Å². The fourth-order valence-corrected chi connectivity index (χ4v) is 3.07. The van der Waals surface area contributed by atoms with Gasteiger partial charge >= 0.3 is 0 Å². The van der Waals surface area contributed by atoms with Crippen LogP contribution in [0.25, 0.3) is 0 Å². The lowest BCUT2D eigenvalue weighted by Crippen LogP contribution is -2.38. The summed E-state index contributed by atoms with van der Waals surface area (Å²) in [5, 5.41) is 0. The Labute approximate surface area is 128 Å². The Balaban J connectivity index is 1.63. The van der Waals surface area contributed by atoms with Gasteiger partial charge in [-0.2, -0.15) is 0 Å². The van der Waals surface area contributed by atoms with Crippen LogP contribution >= 0.6 is 0 Å². The molecular weight excluding hydrogens is 268 g/mol. The first kappa shape index (κ1) is 16.7. The highest BCUT2D eigenvalue weighted by Crippen LogP contribution is 2.12. The molecule has 21 heavy (non-hydrogen) atoms. The molecule has 1 unspecified atom stereocenters. The summed E-state index contributed by atoms with van der Waals surface area (Å²) in [5.41, 5.74) is 0. The lowest BCUT2D eigenvalue weighted by Gasteiger charge is -2.24. The van der Waals surface area contributed by atoms with Crippen molar-refractivity contribution in [3.8, 4) is 0 Å². The Morgan fingerprint density at radius 1 is 1.19 bits per heavy atom. The van der Waals surface area contributed by atoms with Gasteiger partial charge < -0.3 is 19.3 Å². The molecule has 1 amide bonds. The van der Waals surface area contributed by atoms with Crippen molar-refractivity contribution in [2.75, 3.05) is 52.5 Å². The average Bonchev–Trinajstić information content (AvgIpc) is 2.74. The Morgan fingerprint density at radius 2 is 2.10 bits per heavy atom. The lowest BCUT2D eigenvalue weighted by molar-refractivity contribution is -0.138. The molecule has 0 bridgehead atoms. The van der Waals surface area contributed by atoms with E-state index < -0.39 is 0 Å². The van der Waals surface area contributed by atoms with Crippen LogP contribution < -0.4 is 0 Å². The summed E-state index contributed by atoms with van der Waals surface area (Å²) in [4.78, 5) is 16.6. The Kier molecular flexibility index (Phi) is 7.47. The first-order chi connectivity index (χ1) is 10.3. The Morgan fingerprint density at radius 3 is 2.86 bits per heavy atom. The minimum atomic E-state index is 0.129. The smallest absolute Gasteiger partial charge is 0.248 e. The third-order valence-electron chi connectivity index (χ3n) is 4.28. The largest absolute Gasteiger partial charge is 0.376 e. The van der Waals surface area contributed by atoms with E-state index in [9.17, 15) is 4.79 Å². The van der Waals surface area contributed by atoms with E-state index in [-0.39, 0.29) is 18.6 Å². The van der Waals surface area contributed by atoms with Gasteiger partial charge in [0.15, 0.2) is 0 Å². The molecule has 0 spiro atoms. The monoisotopic (exact) mass is 298 g/mol. The van der Waals surface area contributed by atoms with Gasteiger partial charge in [-0.3, -0.25) is 4.79 Å². The summed E-state index contributed by atoms with van der Waals surface area (Å²) in [6, 6.07) is 0. The molecule has 0 saturated carbocycles. The Bertz CT molecular complexity index is 306. The van der Waals surface area contributed by atoms with Crippen LogP contribution in [-0.4, -0.2) is 74.4 Å². The minimum Gasteiger partial charge on any atom is -0.376 e. The molecule has 0 N–H and O–H groups in total. The summed E-state index contributed by atoms with van der Waals surface area (Å²) in [6.45, 7) is 8.73. The molecule has 2 aliphatic heterocycles. The second-order valence-corrected chi connectivity index (χ2v) is 6.08. The number of carbonyl (C=O) groups is 1. The quantitative estimate of drug-likeness (QED) is 0.745. The van der Waals surface area contributed by atoms with Gasteiger partial charge in [-0.25, -0.2) is 0 Å². The fourth-order valence-electron chi connectivity index (χ4n) is 3.07. The lowest BCUT2D eigenvalue weighted by atomic mass is 10.1. The van der Waals surface area contributed by atoms with Crippen molar-refractivity contribution >= 4 is 5.91 Å². The zero-order chi connectivity index (χ0) is 14.9. The molecule has 2 saturated heterocycles. The van der Waals surface area contributed by atoms with E-state index in [4.69, 9.17) is 9.47 Å². The Hall–Kier alpha value is -0.650. The van der Waals surface area contributed by atoms with Gasteiger partial charge in [0.2, 0.25) is 5.91 Å². The minimum absolute atomic E-state index is 0.129. The normalized spacial score (nSPS) is 24.8. The number of amides is 1. The summed E-state index contributed by atoms with van der Waals surface area (Å²) >= 11 is 0. The predicted octanol–water partition coefficient (Wildman–Crippen LogP) is 1.52. The van der Waals surface area contributed by atoms with Crippen molar-refractivity contribution in [2.45, 2.75) is 45.1 Å². The third kappa shape index (κ3) is 5.93. The van der Waals surface area contributed by atoms with Crippen molar-refractivity contribution in [1.82, 2.24) is 9.80 Å². The van der Waals surface area contributed by atoms with Gasteiger partial charge in [0.25, 0.3) is 0 Å². The topological polar surface area (TPSA) is 42.0 Å². The molecule has 0 aromatic rings. The molecule has 2 rings (SSSR count). The summed E-state index contributed by atoms with van der Waals surface area (Å²) < 4.78 is 11.2. The zero-order valence-electron chi connectivity index (χ0n) is 13.4. The molecular formula is C16H30N2O3. The molecule has 0 radical (unpaired) electrons. The standard InChI is InChI=1S/C16H30N2O3/c1-2-7-17-8-5-9-18(11-10-17)16(19)14-20-13-15-6-3-4-12-21-15/h15H,2-14H2,1H3. The second kappa shape index (κ2) is 9.38. The van der Waals surface area contributed by atoms with E-state index in [1.54, 1.807) is 0 Å². The predicted molar refractivity (Wildman–Crippen MR) is 82.3 cm³/mol. The van der Waals surface area contributed by atoms with Crippen LogP contribution in [0.2, 0.25) is 0 Å². The van der Waals surface area contributed by atoms with E-state index in [0.717, 1.165) is 58.6 Å². The summed E-state index contributed by atoms with van der Waals surface area (Å²) in [6.07, 6.45) is 5.86. The molecule has 2 fully saturated rings. The SMILES string of the molecule is CCCN1CCCN(C(=O)COCC2CCCCO2)CC1. The van der Waals surface area contributed by atoms with Crippen molar-refractivity contribution in [3.05, 3.63) is 0 Å². The van der Waals surface area contributed by atoms with E-state index in [2.05, 4.69) is 11.8 Å². The van der Waals surface area contributed by atoms with E-state index in [1.165, 1.54) is 12.8 Å². The van der Waals surface area contributed by atoms with Gasteiger partial charge in [-0.05, 0) is 45.2 Å². The number of carbonyl (C=O) groups excluding carboxylic acids is 1. The van der Waals surface area contributed by atoms with Crippen molar-refractivity contribution in [2.24, 2.45) is 0 Å². The highest BCUT2D eigenvalue weighted by atomic mass is 16.5. The van der Waals surface area contributed by atoms with E-state index >= 15 is 0 Å². The first-order valence-corrected chi connectivity index (χ1v) is 8.49. The molecule has 5 nitrogen and oxygen atoms in total. The molecule has 1 atom stereocenters. The number of ether oxygens (including phenoxy) is 2. The van der Waals surface area contributed by atoms with Gasteiger partial charge in [0.1, 0.15) is 6.61 Å². The molecule has 122 valence electrons. The summed E-state index contributed by atoms with van der Waals surface area (Å²) in [5.74, 6) is 0.129. The van der Waals surface area contributed by atoms with Crippen LogP contribution in [0.15, 0.2) is 0 Å². The number of hydrogen-bond acceptors (Lipinski definition) is 4. The third-order valence-corrected chi connectivity index (χ3v) is 4.28. The molecule has 0 aromatic carbocycles. The molecule has 2 heterocycles. The van der Waals surface area contributed by atoms with Crippen LogP contribution in [0.5, 0.6) is 0 Å². The number of nitrogens with zero attached hydrogens (tertiary/aromatic N) is 2. The fraction of sp³-hybridized carbons (Fsp3) is 0.938. The maximum Gasteiger partial charge on any atom is 0.248 e. The highest BCUT2D eigenvalue weighted by molar-refractivity contribution is 5.77. The average molecular weight is 298 g/mol. The highest BCUT2D eigenvalue weighted by Gasteiger charge is 2.20. The van der Waals surface area contributed by atoms with Crippen molar-refractivity contribution < 1.29 is 14.3 Å². The van der Waals surface area contributed by atoms with Gasteiger partial charge in [-0.1, -0.05) is 6.92 Å². The van der Waals surface area contributed by atoms with Crippen LogP contribution in [0.4, 0.5) is 0 Å².